The van der Waals surface area contributed by atoms with Gasteiger partial charge in [0.1, 0.15) is 0 Å². The molecule has 3 nitrogen and oxygen atoms in total. The van der Waals surface area contributed by atoms with E-state index in [2.05, 4.69) is 47.3 Å². The Hall–Kier alpha value is -2.47. The molecule has 1 N–H and O–H groups in total. The van der Waals surface area contributed by atoms with Crippen molar-refractivity contribution in [3.8, 4) is 0 Å². The highest BCUT2D eigenvalue weighted by molar-refractivity contribution is 8.02. The fraction of sp³-hybridized carbons (Fsp3) is 0.160. The first-order valence-electron chi connectivity index (χ1n) is 9.86. The SMILES string of the molecule is O=C(Cc1ccccc1Sc1ccc(C2C=CSC2)cc1)NOCc1ccccc1. The summed E-state index contributed by atoms with van der Waals surface area (Å²) in [5.41, 5.74) is 5.91. The van der Waals surface area contributed by atoms with Crippen LogP contribution >= 0.6 is 23.5 Å². The third-order valence-corrected chi connectivity index (χ3v) is 6.84. The largest absolute Gasteiger partial charge is 0.272 e. The summed E-state index contributed by atoms with van der Waals surface area (Å²) in [5.74, 6) is 1.48. The highest BCUT2D eigenvalue weighted by Crippen LogP contribution is 2.34. The molecule has 0 saturated heterocycles. The number of carbonyl (C=O) groups is 1. The lowest BCUT2D eigenvalue weighted by Gasteiger charge is -2.11. The van der Waals surface area contributed by atoms with Crippen molar-refractivity contribution in [1.82, 2.24) is 5.48 Å². The number of benzene rings is 3. The Labute approximate surface area is 185 Å². The number of hydrogen-bond acceptors (Lipinski definition) is 4. The average molecular weight is 434 g/mol. The molecule has 30 heavy (non-hydrogen) atoms. The van der Waals surface area contributed by atoms with Crippen molar-refractivity contribution in [2.24, 2.45) is 0 Å². The Bertz CT molecular complexity index is 1000. The van der Waals surface area contributed by atoms with Crippen molar-refractivity contribution in [3.63, 3.8) is 0 Å². The summed E-state index contributed by atoms with van der Waals surface area (Å²) in [4.78, 5) is 20.0. The number of thioether (sulfide) groups is 1. The molecule has 0 radical (unpaired) electrons. The van der Waals surface area contributed by atoms with E-state index in [1.54, 1.807) is 11.8 Å². The topological polar surface area (TPSA) is 38.3 Å². The van der Waals surface area contributed by atoms with Gasteiger partial charge < -0.3 is 0 Å². The molecular formula is C25H23NO2S2. The Morgan fingerprint density at radius 1 is 1.00 bits per heavy atom. The Morgan fingerprint density at radius 2 is 1.77 bits per heavy atom. The molecule has 0 fully saturated rings. The van der Waals surface area contributed by atoms with Crippen LogP contribution in [-0.4, -0.2) is 11.7 Å². The van der Waals surface area contributed by atoms with Gasteiger partial charge in [0.05, 0.1) is 13.0 Å². The molecular weight excluding hydrogens is 410 g/mol. The van der Waals surface area contributed by atoms with Crippen LogP contribution < -0.4 is 5.48 Å². The standard InChI is InChI=1S/C25H23NO2S2/c27-25(26-28-17-19-6-2-1-3-7-19)16-21-8-4-5-9-24(21)30-23-12-10-20(11-13-23)22-14-15-29-18-22/h1-15,22H,16-18H2,(H,26,27). The van der Waals surface area contributed by atoms with E-state index in [0.717, 1.165) is 21.8 Å². The number of nitrogens with one attached hydrogen (secondary N) is 1. The Morgan fingerprint density at radius 3 is 2.53 bits per heavy atom. The van der Waals surface area contributed by atoms with E-state index in [4.69, 9.17) is 4.84 Å². The maximum Gasteiger partial charge on any atom is 0.248 e. The van der Waals surface area contributed by atoms with Gasteiger partial charge in [-0.05, 0) is 40.3 Å². The molecule has 4 rings (SSSR count). The van der Waals surface area contributed by atoms with Gasteiger partial charge >= 0.3 is 0 Å². The van der Waals surface area contributed by atoms with E-state index >= 15 is 0 Å². The maximum atomic E-state index is 12.3. The van der Waals surface area contributed by atoms with Gasteiger partial charge in [0.2, 0.25) is 5.91 Å². The van der Waals surface area contributed by atoms with E-state index in [1.807, 2.05) is 60.3 Å². The lowest BCUT2D eigenvalue weighted by Crippen LogP contribution is -2.25. The molecule has 5 heteroatoms. The van der Waals surface area contributed by atoms with Crippen molar-refractivity contribution in [2.45, 2.75) is 28.7 Å². The molecule has 1 aliphatic rings. The van der Waals surface area contributed by atoms with E-state index in [1.165, 1.54) is 10.5 Å². The quantitative estimate of drug-likeness (QED) is 0.444. The number of amides is 1. The predicted molar refractivity (Wildman–Crippen MR) is 124 cm³/mol. The van der Waals surface area contributed by atoms with Gasteiger partial charge in [-0.15, -0.1) is 11.8 Å². The average Bonchev–Trinajstić information content (AvgIpc) is 3.31. The molecule has 0 aromatic heterocycles. The van der Waals surface area contributed by atoms with Crippen LogP contribution in [0.15, 0.2) is 100 Å². The summed E-state index contributed by atoms with van der Waals surface area (Å²) in [7, 11) is 0. The third-order valence-electron chi connectivity index (χ3n) is 4.81. The summed E-state index contributed by atoms with van der Waals surface area (Å²) in [5, 5.41) is 2.18. The van der Waals surface area contributed by atoms with Crippen LogP contribution in [-0.2, 0) is 22.7 Å². The number of allylic oxidation sites excluding steroid dienone is 1. The van der Waals surface area contributed by atoms with E-state index in [0.29, 0.717) is 12.5 Å². The van der Waals surface area contributed by atoms with Crippen LogP contribution in [0.25, 0.3) is 0 Å². The second-order valence-corrected chi connectivity index (χ2v) is 9.08. The van der Waals surface area contributed by atoms with Gasteiger partial charge in [-0.2, -0.15) is 0 Å². The van der Waals surface area contributed by atoms with Crippen molar-refractivity contribution >= 4 is 29.4 Å². The minimum absolute atomic E-state index is 0.153. The fourth-order valence-electron chi connectivity index (χ4n) is 3.22. The normalized spacial score (nSPS) is 15.3. The minimum atomic E-state index is -0.153. The van der Waals surface area contributed by atoms with Gasteiger partial charge in [-0.25, -0.2) is 5.48 Å². The van der Waals surface area contributed by atoms with Gasteiger partial charge in [0.25, 0.3) is 0 Å². The zero-order chi connectivity index (χ0) is 20.6. The fourth-order valence-corrected chi connectivity index (χ4v) is 5.08. The summed E-state index contributed by atoms with van der Waals surface area (Å²) in [6, 6.07) is 26.5. The third kappa shape index (κ3) is 5.79. The van der Waals surface area contributed by atoms with E-state index in [9.17, 15) is 4.79 Å². The van der Waals surface area contributed by atoms with Crippen molar-refractivity contribution in [2.75, 3.05) is 5.75 Å². The number of hydroxylamine groups is 1. The van der Waals surface area contributed by atoms with E-state index < -0.39 is 0 Å². The Kier molecular flexibility index (Phi) is 7.29. The van der Waals surface area contributed by atoms with Crippen molar-refractivity contribution in [3.05, 3.63) is 107 Å². The summed E-state index contributed by atoms with van der Waals surface area (Å²) >= 11 is 3.55. The highest BCUT2D eigenvalue weighted by Gasteiger charge is 2.13. The van der Waals surface area contributed by atoms with Gasteiger partial charge in [-0.3, -0.25) is 9.63 Å². The van der Waals surface area contributed by atoms with Gasteiger partial charge in [-0.1, -0.05) is 78.5 Å². The molecule has 3 aromatic rings. The van der Waals surface area contributed by atoms with Crippen LogP contribution in [0.2, 0.25) is 0 Å². The summed E-state index contributed by atoms with van der Waals surface area (Å²) in [6.07, 6.45) is 2.54. The monoisotopic (exact) mass is 433 g/mol. The minimum Gasteiger partial charge on any atom is -0.272 e. The van der Waals surface area contributed by atoms with E-state index in [-0.39, 0.29) is 12.3 Å². The molecule has 0 saturated carbocycles. The number of rotatable bonds is 8. The second kappa shape index (κ2) is 10.5. The zero-order valence-corrected chi connectivity index (χ0v) is 18.1. The number of carbonyl (C=O) groups excluding carboxylic acids is 1. The predicted octanol–water partition coefficient (Wildman–Crippen LogP) is 5.97. The first-order valence-corrected chi connectivity index (χ1v) is 11.7. The van der Waals surface area contributed by atoms with Gasteiger partial charge in [0.15, 0.2) is 0 Å². The van der Waals surface area contributed by atoms with Crippen LogP contribution in [0.1, 0.15) is 22.6 Å². The lowest BCUT2D eigenvalue weighted by atomic mass is 10.0. The molecule has 1 amide bonds. The molecule has 1 heterocycles. The summed E-state index contributed by atoms with van der Waals surface area (Å²) in [6.45, 7) is 0.351. The lowest BCUT2D eigenvalue weighted by molar-refractivity contribution is -0.133. The molecule has 1 aliphatic heterocycles. The van der Waals surface area contributed by atoms with Crippen LogP contribution in [0.5, 0.6) is 0 Å². The Balaban J connectivity index is 1.34. The first kappa shape index (κ1) is 20.8. The van der Waals surface area contributed by atoms with Crippen molar-refractivity contribution < 1.29 is 9.63 Å². The van der Waals surface area contributed by atoms with Crippen LogP contribution in [0.4, 0.5) is 0 Å². The van der Waals surface area contributed by atoms with Crippen LogP contribution in [0.3, 0.4) is 0 Å². The molecule has 152 valence electrons. The molecule has 1 atom stereocenters. The summed E-state index contributed by atoms with van der Waals surface area (Å²) < 4.78 is 0. The molecule has 0 spiro atoms. The molecule has 0 bridgehead atoms. The molecule has 1 unspecified atom stereocenters. The highest BCUT2D eigenvalue weighted by atomic mass is 32.2. The smallest absolute Gasteiger partial charge is 0.248 e. The van der Waals surface area contributed by atoms with Crippen molar-refractivity contribution in [1.29, 1.82) is 0 Å². The van der Waals surface area contributed by atoms with Crippen LogP contribution in [0, 0.1) is 0 Å². The second-order valence-electron chi connectivity index (χ2n) is 7.02. The van der Waals surface area contributed by atoms with Gasteiger partial charge in [0, 0.05) is 21.5 Å². The molecule has 0 aliphatic carbocycles. The maximum absolute atomic E-state index is 12.3. The zero-order valence-electron chi connectivity index (χ0n) is 16.5. The first-order chi connectivity index (χ1) is 14.8. The number of hydrogen-bond donors (Lipinski definition) is 1. The molecule has 3 aromatic carbocycles.